The van der Waals surface area contributed by atoms with Gasteiger partial charge in [0.2, 0.25) is 0 Å². The highest BCUT2D eigenvalue weighted by Gasteiger charge is 2.57. The van der Waals surface area contributed by atoms with E-state index in [1.807, 2.05) is 30.3 Å². The van der Waals surface area contributed by atoms with Gasteiger partial charge in [0.05, 0.1) is 19.8 Å². The van der Waals surface area contributed by atoms with Crippen LogP contribution in [0.4, 0.5) is 0 Å². The van der Waals surface area contributed by atoms with Gasteiger partial charge in [-0.3, -0.25) is 24.0 Å². The fourth-order valence-electron chi connectivity index (χ4n) is 3.46. The quantitative estimate of drug-likeness (QED) is 0.236. The third-order valence-electron chi connectivity index (χ3n) is 5.14. The first-order valence-corrected chi connectivity index (χ1v) is 11.0. The van der Waals surface area contributed by atoms with Gasteiger partial charge in [-0.2, -0.15) is 0 Å². The molecule has 0 aliphatic heterocycles. The van der Waals surface area contributed by atoms with Crippen molar-refractivity contribution in [1.82, 2.24) is 0 Å². The molecule has 0 spiro atoms. The van der Waals surface area contributed by atoms with E-state index >= 15 is 0 Å². The van der Waals surface area contributed by atoms with Crippen molar-refractivity contribution in [3.05, 3.63) is 35.9 Å². The average Bonchev–Trinajstić information content (AvgIpc) is 2.76. The highest BCUT2D eigenvalue weighted by atomic mass is 16.6. The normalized spacial score (nSPS) is 11.8. The summed E-state index contributed by atoms with van der Waals surface area (Å²) in [5.74, 6) is -5.99. The van der Waals surface area contributed by atoms with Crippen LogP contribution in [0.2, 0.25) is 0 Å². The van der Waals surface area contributed by atoms with Gasteiger partial charge in [-0.25, -0.2) is 0 Å². The smallest absolute Gasteiger partial charge is 0.335 e. The number of rotatable bonds is 15. The Morgan fingerprint density at radius 2 is 1.30 bits per heavy atom. The van der Waals surface area contributed by atoms with E-state index in [-0.39, 0.29) is 32.7 Å². The van der Waals surface area contributed by atoms with E-state index in [2.05, 4.69) is 0 Å². The Kier molecular flexibility index (Phi) is 11.8. The Bertz CT molecular complexity index is 771. The number of esters is 3. The van der Waals surface area contributed by atoms with Gasteiger partial charge >= 0.3 is 23.9 Å². The first kappa shape index (κ1) is 27.8. The van der Waals surface area contributed by atoms with Crippen LogP contribution < -0.4 is 0 Å². The van der Waals surface area contributed by atoms with Crippen molar-refractivity contribution in [2.24, 2.45) is 11.3 Å². The monoisotopic (exact) mass is 464 g/mol. The Hall–Kier alpha value is -3.23. The second kappa shape index (κ2) is 14.0. The summed E-state index contributed by atoms with van der Waals surface area (Å²) in [5, 5.41) is 9.08. The average molecular weight is 465 g/mol. The van der Waals surface area contributed by atoms with Crippen molar-refractivity contribution >= 4 is 29.7 Å². The lowest BCUT2D eigenvalue weighted by Gasteiger charge is -2.28. The molecule has 0 bridgehead atoms. The lowest BCUT2D eigenvalue weighted by molar-refractivity contribution is -0.185. The van der Waals surface area contributed by atoms with Crippen LogP contribution in [-0.2, 0) is 44.6 Å². The molecular weight excluding hydrogens is 432 g/mol. The molecule has 9 nitrogen and oxygen atoms in total. The van der Waals surface area contributed by atoms with E-state index in [9.17, 15) is 24.0 Å². The first-order chi connectivity index (χ1) is 15.7. The molecule has 182 valence electrons. The van der Waals surface area contributed by atoms with E-state index in [4.69, 9.17) is 19.3 Å². The summed E-state index contributed by atoms with van der Waals surface area (Å²) in [5.41, 5.74) is -1.45. The molecule has 33 heavy (non-hydrogen) atoms. The standard InChI is InChI=1S/C24H32O9/c1-4-31-21(28)24(22(29)32-5-2,23(30)33-6-3)15-14-18(19(25)16-20(26)27)13-12-17-10-8-7-9-11-17/h7-11,18H,4-6,12-16H2,1-3H3,(H,26,27). The number of carboxylic acids is 1. The highest BCUT2D eigenvalue weighted by molar-refractivity contribution is 6.18. The van der Waals surface area contributed by atoms with Crippen molar-refractivity contribution < 1.29 is 43.3 Å². The number of carboxylic acid groups (broad SMARTS) is 1. The minimum Gasteiger partial charge on any atom is -0.481 e. The van der Waals surface area contributed by atoms with E-state index in [1.165, 1.54) is 20.8 Å². The van der Waals surface area contributed by atoms with E-state index in [0.29, 0.717) is 6.42 Å². The number of carbonyl (C=O) groups is 5. The SMILES string of the molecule is CCOC(=O)C(CCC(CCc1ccccc1)C(=O)CC(=O)O)(C(=O)OCC)C(=O)OCC. The summed E-state index contributed by atoms with van der Waals surface area (Å²) in [6, 6.07) is 9.29. The molecule has 0 aromatic heterocycles. The summed E-state index contributed by atoms with van der Waals surface area (Å²) in [6.45, 7) is 4.31. The molecule has 0 amide bonds. The lowest BCUT2D eigenvalue weighted by atomic mass is 9.78. The molecule has 0 heterocycles. The van der Waals surface area contributed by atoms with Crippen LogP contribution in [0.15, 0.2) is 30.3 Å². The number of hydrogen-bond acceptors (Lipinski definition) is 8. The minimum atomic E-state index is -2.39. The van der Waals surface area contributed by atoms with Gasteiger partial charge in [0.15, 0.2) is 0 Å². The van der Waals surface area contributed by atoms with Crippen LogP contribution in [0.1, 0.15) is 52.0 Å². The summed E-state index contributed by atoms with van der Waals surface area (Å²) >= 11 is 0. The van der Waals surface area contributed by atoms with Gasteiger partial charge in [-0.1, -0.05) is 30.3 Å². The second-order valence-corrected chi connectivity index (χ2v) is 7.36. The molecule has 0 aliphatic carbocycles. The summed E-state index contributed by atoms with van der Waals surface area (Å²) in [4.78, 5) is 62.3. The molecule has 0 aliphatic rings. The number of carbonyl (C=O) groups excluding carboxylic acids is 4. The van der Waals surface area contributed by atoms with Crippen LogP contribution in [0.25, 0.3) is 0 Å². The second-order valence-electron chi connectivity index (χ2n) is 7.36. The topological polar surface area (TPSA) is 133 Å². The van der Waals surface area contributed by atoms with Crippen molar-refractivity contribution in [3.8, 4) is 0 Å². The van der Waals surface area contributed by atoms with Gasteiger partial charge in [0.25, 0.3) is 5.41 Å². The zero-order chi connectivity index (χ0) is 24.9. The van der Waals surface area contributed by atoms with Gasteiger partial charge in [-0.05, 0) is 52.0 Å². The zero-order valence-electron chi connectivity index (χ0n) is 19.3. The highest BCUT2D eigenvalue weighted by Crippen LogP contribution is 2.33. The van der Waals surface area contributed by atoms with Gasteiger partial charge in [-0.15, -0.1) is 0 Å². The molecule has 1 N–H and O–H groups in total. The number of hydrogen-bond donors (Lipinski definition) is 1. The molecule has 1 aromatic rings. The van der Waals surface area contributed by atoms with Gasteiger partial charge < -0.3 is 19.3 Å². The Morgan fingerprint density at radius 1 is 0.818 bits per heavy atom. The van der Waals surface area contributed by atoms with Crippen LogP contribution in [-0.4, -0.2) is 54.6 Å². The van der Waals surface area contributed by atoms with Gasteiger partial charge in [0, 0.05) is 5.92 Å². The van der Waals surface area contributed by atoms with Crippen molar-refractivity contribution in [2.45, 2.75) is 52.9 Å². The van der Waals surface area contributed by atoms with E-state index in [1.54, 1.807) is 0 Å². The van der Waals surface area contributed by atoms with Crippen molar-refractivity contribution in [2.75, 3.05) is 19.8 Å². The van der Waals surface area contributed by atoms with Crippen molar-refractivity contribution in [3.63, 3.8) is 0 Å². The third kappa shape index (κ3) is 8.00. The van der Waals surface area contributed by atoms with Crippen LogP contribution in [0, 0.1) is 11.3 Å². The zero-order valence-corrected chi connectivity index (χ0v) is 19.3. The van der Waals surface area contributed by atoms with E-state index < -0.39 is 53.8 Å². The molecular formula is C24H32O9. The maximum absolute atomic E-state index is 12.8. The maximum Gasteiger partial charge on any atom is 0.335 e. The van der Waals surface area contributed by atoms with Crippen molar-refractivity contribution in [1.29, 1.82) is 0 Å². The Labute approximate surface area is 193 Å². The summed E-state index contributed by atoms with van der Waals surface area (Å²) in [6.07, 6.45) is -0.461. The maximum atomic E-state index is 12.8. The summed E-state index contributed by atoms with van der Waals surface area (Å²) < 4.78 is 15.0. The molecule has 1 atom stereocenters. The fourth-order valence-corrected chi connectivity index (χ4v) is 3.46. The molecule has 0 saturated carbocycles. The predicted molar refractivity (Wildman–Crippen MR) is 117 cm³/mol. The van der Waals surface area contributed by atoms with Crippen LogP contribution in [0.5, 0.6) is 0 Å². The number of Topliss-reactive ketones (excluding diaryl/α,β-unsaturated/α-hetero) is 1. The number of ketones is 1. The number of aliphatic carboxylic acids is 1. The van der Waals surface area contributed by atoms with Crippen LogP contribution >= 0.6 is 0 Å². The summed E-state index contributed by atoms with van der Waals surface area (Å²) in [7, 11) is 0. The molecule has 0 fully saturated rings. The predicted octanol–water partition coefficient (Wildman–Crippen LogP) is 2.74. The molecule has 0 saturated heterocycles. The molecule has 1 unspecified atom stereocenters. The molecule has 1 aromatic carbocycles. The minimum absolute atomic E-state index is 0.0885. The molecule has 1 rings (SSSR count). The number of benzene rings is 1. The van der Waals surface area contributed by atoms with Crippen LogP contribution in [0.3, 0.4) is 0 Å². The van der Waals surface area contributed by atoms with E-state index in [0.717, 1.165) is 5.56 Å². The first-order valence-electron chi connectivity index (χ1n) is 11.0. The largest absolute Gasteiger partial charge is 0.481 e. The third-order valence-corrected chi connectivity index (χ3v) is 5.14. The van der Waals surface area contributed by atoms with Gasteiger partial charge in [0.1, 0.15) is 12.2 Å². The Morgan fingerprint density at radius 3 is 1.73 bits per heavy atom. The number of ether oxygens (including phenoxy) is 3. The molecule has 0 radical (unpaired) electrons. The fraction of sp³-hybridized carbons (Fsp3) is 0.542. The molecule has 9 heteroatoms. The number of aryl methyl sites for hydroxylation is 1. The Balaban J connectivity index is 3.25. The lowest BCUT2D eigenvalue weighted by Crippen LogP contribution is -2.50.